The minimum absolute atomic E-state index is 0.244. The quantitative estimate of drug-likeness (QED) is 0.193. The van der Waals surface area contributed by atoms with Crippen LogP contribution in [0, 0.1) is 5.41 Å². The van der Waals surface area contributed by atoms with E-state index in [0.717, 1.165) is 39.1 Å². The van der Waals surface area contributed by atoms with Gasteiger partial charge in [-0.25, -0.2) is 10.4 Å². The van der Waals surface area contributed by atoms with Crippen molar-refractivity contribution < 1.29 is 33.2 Å². The lowest BCUT2D eigenvalue weighted by Crippen LogP contribution is -2.39. The zero-order valence-electron chi connectivity index (χ0n) is 22.1. The zero-order chi connectivity index (χ0) is 24.7. The normalized spacial score (nSPS) is 17.1. The molecular formula is C24H51N3O7. The molecule has 0 amide bonds. The van der Waals surface area contributed by atoms with Gasteiger partial charge in [-0.1, -0.05) is 27.7 Å². The Hall–Kier alpha value is -0.400. The van der Waals surface area contributed by atoms with Crippen molar-refractivity contribution in [2.24, 2.45) is 5.41 Å². The second kappa shape index (κ2) is 21.8. The minimum Gasteiger partial charge on any atom is -0.379 e. The Bertz CT molecular complexity index is 441. The Labute approximate surface area is 207 Å². The highest BCUT2D eigenvalue weighted by molar-refractivity contribution is 4.73. The highest BCUT2D eigenvalue weighted by atomic mass is 16.6. The van der Waals surface area contributed by atoms with Crippen LogP contribution in [-0.4, -0.2) is 117 Å². The van der Waals surface area contributed by atoms with E-state index in [1.165, 1.54) is 0 Å². The molecule has 204 valence electrons. The third kappa shape index (κ3) is 20.9. The van der Waals surface area contributed by atoms with E-state index in [1.54, 1.807) is 0 Å². The van der Waals surface area contributed by atoms with Gasteiger partial charge in [-0.05, 0) is 18.3 Å². The fourth-order valence-electron chi connectivity index (χ4n) is 2.91. The van der Waals surface area contributed by atoms with Crippen LogP contribution in [0.3, 0.4) is 0 Å². The Morgan fingerprint density at radius 3 is 1.65 bits per heavy atom. The molecule has 0 bridgehead atoms. The van der Waals surface area contributed by atoms with Gasteiger partial charge < -0.3 is 33.2 Å². The first-order valence-electron chi connectivity index (χ1n) is 12.8. The SMILES string of the molecule is CCCOCCOCCOCCN1CC(COCCOCCOCCOCCC(C)(C)C)NN1. The number of nitrogens with one attached hydrogen (secondary N) is 2. The molecule has 1 fully saturated rings. The molecule has 1 unspecified atom stereocenters. The molecule has 2 N–H and O–H groups in total. The van der Waals surface area contributed by atoms with Gasteiger partial charge in [0.15, 0.2) is 0 Å². The van der Waals surface area contributed by atoms with E-state index in [2.05, 4.69) is 43.7 Å². The third-order valence-corrected chi connectivity index (χ3v) is 4.90. The van der Waals surface area contributed by atoms with Crippen LogP contribution >= 0.6 is 0 Å². The highest BCUT2D eigenvalue weighted by Gasteiger charge is 2.21. The first-order chi connectivity index (χ1) is 16.5. The van der Waals surface area contributed by atoms with E-state index in [1.807, 2.05) is 0 Å². The second-order valence-corrected chi connectivity index (χ2v) is 9.46. The van der Waals surface area contributed by atoms with Gasteiger partial charge >= 0.3 is 0 Å². The van der Waals surface area contributed by atoms with Crippen LogP contribution in [0.1, 0.15) is 40.5 Å². The Kier molecular flexibility index (Phi) is 20.3. The van der Waals surface area contributed by atoms with Crippen LogP contribution in [0.25, 0.3) is 0 Å². The smallest absolute Gasteiger partial charge is 0.0701 e. The Balaban J connectivity index is 1.77. The maximum absolute atomic E-state index is 5.70. The standard InChI is InChI=1S/C24H51N3O7/c1-5-8-28-11-14-31-16-13-30-10-7-27-21-23(25-26-27)22-34-20-19-33-18-17-32-15-12-29-9-6-24(2,3)4/h23,25-26H,5-22H2,1-4H3. The predicted octanol–water partition coefficient (Wildman–Crippen LogP) is 1.64. The lowest BCUT2D eigenvalue weighted by atomic mass is 9.93. The van der Waals surface area contributed by atoms with Gasteiger partial charge in [-0.3, -0.25) is 0 Å². The highest BCUT2D eigenvalue weighted by Crippen LogP contribution is 2.17. The molecule has 0 aliphatic carbocycles. The van der Waals surface area contributed by atoms with Crippen LogP contribution in [0.5, 0.6) is 0 Å². The zero-order valence-corrected chi connectivity index (χ0v) is 22.1. The van der Waals surface area contributed by atoms with E-state index in [4.69, 9.17) is 33.2 Å². The summed E-state index contributed by atoms with van der Waals surface area (Å²) in [5, 5.41) is 2.09. The molecule has 34 heavy (non-hydrogen) atoms. The summed E-state index contributed by atoms with van der Waals surface area (Å²) in [5.41, 5.74) is 6.69. The average molecular weight is 494 g/mol. The summed E-state index contributed by atoms with van der Waals surface area (Å²) < 4.78 is 38.7. The van der Waals surface area contributed by atoms with Gasteiger partial charge in [0.05, 0.1) is 85.3 Å². The first-order valence-corrected chi connectivity index (χ1v) is 12.8. The van der Waals surface area contributed by atoms with E-state index in [9.17, 15) is 0 Å². The maximum Gasteiger partial charge on any atom is 0.0701 e. The molecule has 1 saturated heterocycles. The van der Waals surface area contributed by atoms with Crippen LogP contribution in [0.4, 0.5) is 0 Å². The number of nitrogens with zero attached hydrogens (tertiary/aromatic N) is 1. The van der Waals surface area contributed by atoms with Crippen molar-refractivity contribution >= 4 is 0 Å². The second-order valence-electron chi connectivity index (χ2n) is 9.46. The number of hydrazine groups is 2. The van der Waals surface area contributed by atoms with Gasteiger partial charge in [-0.15, -0.1) is 0 Å². The molecule has 0 saturated carbocycles. The van der Waals surface area contributed by atoms with Crippen molar-refractivity contribution in [2.75, 3.05) is 106 Å². The van der Waals surface area contributed by atoms with Crippen molar-refractivity contribution in [1.82, 2.24) is 16.0 Å². The lowest BCUT2D eigenvalue weighted by Gasteiger charge is -2.17. The van der Waals surface area contributed by atoms with Crippen molar-refractivity contribution in [1.29, 1.82) is 0 Å². The fourth-order valence-corrected chi connectivity index (χ4v) is 2.91. The van der Waals surface area contributed by atoms with Gasteiger partial charge in [-0.2, -0.15) is 5.53 Å². The Morgan fingerprint density at radius 2 is 1.12 bits per heavy atom. The van der Waals surface area contributed by atoms with Crippen LogP contribution < -0.4 is 11.0 Å². The van der Waals surface area contributed by atoms with Gasteiger partial charge in [0, 0.05) is 26.3 Å². The molecule has 0 aromatic carbocycles. The van der Waals surface area contributed by atoms with Gasteiger partial charge in [0.25, 0.3) is 0 Å². The summed E-state index contributed by atoms with van der Waals surface area (Å²) in [6.45, 7) is 19.2. The third-order valence-electron chi connectivity index (χ3n) is 4.90. The van der Waals surface area contributed by atoms with Crippen molar-refractivity contribution in [3.05, 3.63) is 0 Å². The Morgan fingerprint density at radius 1 is 0.647 bits per heavy atom. The maximum atomic E-state index is 5.70. The summed E-state index contributed by atoms with van der Waals surface area (Å²) in [7, 11) is 0. The largest absolute Gasteiger partial charge is 0.379 e. The molecule has 1 heterocycles. The fraction of sp³-hybridized carbons (Fsp3) is 1.00. The van der Waals surface area contributed by atoms with Crippen LogP contribution in [0.15, 0.2) is 0 Å². The molecule has 0 aromatic rings. The molecular weight excluding hydrogens is 442 g/mol. The topological polar surface area (TPSA) is 91.9 Å². The van der Waals surface area contributed by atoms with E-state index in [0.29, 0.717) is 84.7 Å². The molecule has 1 aliphatic heterocycles. The first kappa shape index (κ1) is 31.6. The summed E-state index contributed by atoms with van der Waals surface area (Å²) in [6, 6.07) is 0.244. The number of hydrogen-bond acceptors (Lipinski definition) is 10. The van der Waals surface area contributed by atoms with Crippen molar-refractivity contribution in [3.8, 4) is 0 Å². The number of ether oxygens (including phenoxy) is 7. The van der Waals surface area contributed by atoms with Crippen LogP contribution in [-0.2, 0) is 33.2 Å². The average Bonchev–Trinajstić information content (AvgIpc) is 3.25. The van der Waals surface area contributed by atoms with Crippen LogP contribution in [0.2, 0.25) is 0 Å². The van der Waals surface area contributed by atoms with Crippen molar-refractivity contribution in [3.63, 3.8) is 0 Å². The molecule has 0 aromatic heterocycles. The summed E-state index contributed by atoms with van der Waals surface area (Å²) in [5.74, 6) is 0. The molecule has 1 atom stereocenters. The molecule has 0 spiro atoms. The lowest BCUT2D eigenvalue weighted by molar-refractivity contribution is -0.00566. The minimum atomic E-state index is 0.244. The number of rotatable bonds is 24. The molecule has 1 rings (SSSR count). The van der Waals surface area contributed by atoms with E-state index >= 15 is 0 Å². The summed E-state index contributed by atoms with van der Waals surface area (Å²) >= 11 is 0. The molecule has 10 nitrogen and oxygen atoms in total. The van der Waals surface area contributed by atoms with Gasteiger partial charge in [0.2, 0.25) is 0 Å². The summed E-state index contributed by atoms with van der Waals surface area (Å²) in [4.78, 5) is 0. The van der Waals surface area contributed by atoms with E-state index < -0.39 is 0 Å². The van der Waals surface area contributed by atoms with E-state index in [-0.39, 0.29) is 6.04 Å². The number of hydrogen-bond donors (Lipinski definition) is 2. The summed E-state index contributed by atoms with van der Waals surface area (Å²) in [6.07, 6.45) is 2.09. The molecule has 0 radical (unpaired) electrons. The van der Waals surface area contributed by atoms with Gasteiger partial charge in [0.1, 0.15) is 0 Å². The monoisotopic (exact) mass is 493 g/mol. The molecule has 1 aliphatic rings. The predicted molar refractivity (Wildman–Crippen MR) is 132 cm³/mol. The molecule has 10 heteroatoms. The van der Waals surface area contributed by atoms with Crippen molar-refractivity contribution in [2.45, 2.75) is 46.6 Å².